The topological polar surface area (TPSA) is 133 Å². The van der Waals surface area contributed by atoms with Crippen LogP contribution in [0.15, 0.2) is 51.0 Å². The number of thiazole rings is 1. The third-order valence-corrected chi connectivity index (χ3v) is 8.04. The van der Waals surface area contributed by atoms with Crippen molar-refractivity contribution in [2.75, 3.05) is 18.2 Å². The molecular weight excluding hydrogens is 540 g/mol. The summed E-state index contributed by atoms with van der Waals surface area (Å²) in [7, 11) is 0.118. The second kappa shape index (κ2) is 11.3. The van der Waals surface area contributed by atoms with Crippen LogP contribution in [0.3, 0.4) is 0 Å². The van der Waals surface area contributed by atoms with Crippen LogP contribution in [-0.2, 0) is 32.6 Å². The molecule has 1 aromatic heterocycles. The van der Waals surface area contributed by atoms with Crippen LogP contribution in [0.2, 0.25) is 0 Å². The number of amides is 2. The highest BCUT2D eigenvalue weighted by Gasteiger charge is 2.33. The molecule has 204 valence electrons. The highest BCUT2D eigenvalue weighted by molar-refractivity contribution is 7.89. The zero-order chi connectivity index (χ0) is 28.4. The average molecular weight is 568 g/mol. The standard InChI is InChI=1S/C25H27F2N3O6S2/c1-24(2,3)36-23(32)29-38(5)21-20(25(33,34)35)28-22(37-21)30(4)19(31)12-14-6-8-15(9-7-14)17-13-16(26)10-11-18(17)27/h6-11,13,33-35H,12H2,1-5H3. The lowest BCUT2D eigenvalue weighted by Crippen LogP contribution is -2.29. The van der Waals surface area contributed by atoms with E-state index >= 15 is 0 Å². The summed E-state index contributed by atoms with van der Waals surface area (Å²) in [6, 6.07) is 9.49. The number of ether oxygens (including phenoxy) is 1. The summed E-state index contributed by atoms with van der Waals surface area (Å²) in [4.78, 5) is 30.2. The minimum absolute atomic E-state index is 0.0266. The normalized spacial score (nSPS) is 12.9. The van der Waals surface area contributed by atoms with E-state index in [1.807, 2.05) is 0 Å². The molecule has 9 nitrogen and oxygen atoms in total. The molecule has 1 heterocycles. The van der Waals surface area contributed by atoms with E-state index in [0.717, 1.165) is 34.4 Å². The van der Waals surface area contributed by atoms with Crippen molar-refractivity contribution in [2.24, 2.45) is 4.36 Å². The molecule has 2 amide bonds. The summed E-state index contributed by atoms with van der Waals surface area (Å²) in [5, 5.41) is 29.5. The molecule has 0 bridgehead atoms. The van der Waals surface area contributed by atoms with Gasteiger partial charge in [0.25, 0.3) is 0 Å². The zero-order valence-corrected chi connectivity index (χ0v) is 22.9. The first kappa shape index (κ1) is 29.5. The second-order valence-corrected chi connectivity index (χ2v) is 12.1. The van der Waals surface area contributed by atoms with Crippen molar-refractivity contribution in [3.63, 3.8) is 0 Å². The van der Waals surface area contributed by atoms with E-state index in [-0.39, 0.29) is 21.3 Å². The number of aromatic nitrogens is 1. The van der Waals surface area contributed by atoms with Crippen LogP contribution in [-0.4, -0.2) is 51.2 Å². The molecule has 0 aliphatic carbocycles. The fourth-order valence-electron chi connectivity index (χ4n) is 3.21. The maximum Gasteiger partial charge on any atom is 0.440 e. The third-order valence-electron chi connectivity index (χ3n) is 4.99. The van der Waals surface area contributed by atoms with Crippen LogP contribution in [0.25, 0.3) is 11.1 Å². The Labute approximate surface area is 224 Å². The van der Waals surface area contributed by atoms with Gasteiger partial charge >= 0.3 is 12.1 Å². The van der Waals surface area contributed by atoms with Crippen molar-refractivity contribution in [1.82, 2.24) is 4.98 Å². The van der Waals surface area contributed by atoms with Crippen LogP contribution < -0.4 is 4.90 Å². The van der Waals surface area contributed by atoms with Crippen molar-refractivity contribution < 1.29 is 38.4 Å². The first-order chi connectivity index (χ1) is 17.5. The van der Waals surface area contributed by atoms with E-state index in [1.54, 1.807) is 45.0 Å². The number of carbonyl (C=O) groups is 2. The van der Waals surface area contributed by atoms with Gasteiger partial charge in [-0.25, -0.2) is 18.6 Å². The Morgan fingerprint density at radius 3 is 2.32 bits per heavy atom. The minimum Gasteiger partial charge on any atom is -0.442 e. The van der Waals surface area contributed by atoms with Crippen molar-refractivity contribution in [3.05, 3.63) is 65.4 Å². The van der Waals surface area contributed by atoms with Gasteiger partial charge < -0.3 is 20.1 Å². The molecule has 0 aliphatic rings. The highest BCUT2D eigenvalue weighted by Crippen LogP contribution is 2.34. The molecule has 3 rings (SSSR count). The van der Waals surface area contributed by atoms with Crippen molar-refractivity contribution >= 4 is 39.2 Å². The van der Waals surface area contributed by atoms with Gasteiger partial charge in [0, 0.05) is 12.6 Å². The number of hydrogen-bond acceptors (Lipinski definition) is 8. The summed E-state index contributed by atoms with van der Waals surface area (Å²) in [6.07, 6.45) is 0.533. The highest BCUT2D eigenvalue weighted by atomic mass is 32.2. The van der Waals surface area contributed by atoms with Crippen molar-refractivity contribution in [3.8, 4) is 11.1 Å². The Hall–Kier alpha value is -3.10. The Bertz CT molecular complexity index is 1380. The Kier molecular flexibility index (Phi) is 8.79. The predicted molar refractivity (Wildman–Crippen MR) is 140 cm³/mol. The predicted octanol–water partition coefficient (Wildman–Crippen LogP) is 4.11. The lowest BCUT2D eigenvalue weighted by Gasteiger charge is -2.17. The van der Waals surface area contributed by atoms with E-state index in [9.17, 15) is 33.7 Å². The quantitative estimate of drug-likeness (QED) is 0.382. The van der Waals surface area contributed by atoms with Gasteiger partial charge in [0.2, 0.25) is 5.91 Å². The van der Waals surface area contributed by atoms with Crippen LogP contribution in [0.4, 0.5) is 18.7 Å². The molecule has 0 saturated heterocycles. The number of carbonyl (C=O) groups excluding carboxylic acids is 2. The SMILES string of the molecule is CN(C(=O)Cc1ccc(-c2cc(F)ccc2F)cc1)c1nc(C(O)(O)O)c(/S(C)=N\C(=O)OC(C)(C)C)s1. The zero-order valence-electron chi connectivity index (χ0n) is 21.2. The third kappa shape index (κ3) is 7.48. The van der Waals surface area contributed by atoms with E-state index in [0.29, 0.717) is 11.1 Å². The fourth-order valence-corrected chi connectivity index (χ4v) is 5.65. The molecule has 0 radical (unpaired) electrons. The summed E-state index contributed by atoms with van der Waals surface area (Å²) in [5.41, 5.74) is -0.242. The van der Waals surface area contributed by atoms with Crippen molar-refractivity contribution in [2.45, 2.75) is 43.0 Å². The summed E-state index contributed by atoms with van der Waals surface area (Å²) >= 11 is 0.852. The van der Waals surface area contributed by atoms with Crippen LogP contribution in [0.5, 0.6) is 0 Å². The molecule has 2 aromatic carbocycles. The first-order valence-corrected chi connectivity index (χ1v) is 13.6. The smallest absolute Gasteiger partial charge is 0.440 e. The van der Waals surface area contributed by atoms with Crippen LogP contribution in [0, 0.1) is 11.6 Å². The Morgan fingerprint density at radius 2 is 1.74 bits per heavy atom. The van der Waals surface area contributed by atoms with Gasteiger partial charge in [-0.1, -0.05) is 35.6 Å². The Balaban J connectivity index is 1.82. The van der Waals surface area contributed by atoms with Gasteiger partial charge in [0.05, 0.1) is 6.42 Å². The average Bonchev–Trinajstić information content (AvgIpc) is 3.26. The lowest BCUT2D eigenvalue weighted by molar-refractivity contribution is -0.327. The number of aliphatic hydroxyl groups is 3. The largest absolute Gasteiger partial charge is 0.442 e. The summed E-state index contributed by atoms with van der Waals surface area (Å²) in [6.45, 7) is 5.00. The number of halogens is 2. The molecule has 0 aliphatic heterocycles. The number of likely N-dealkylation sites (N-methyl/N-ethyl adjacent to an activating group) is 1. The molecular formula is C25H27F2N3O6S2. The molecule has 3 aromatic rings. The molecule has 0 saturated carbocycles. The van der Waals surface area contributed by atoms with Gasteiger partial charge in [-0.3, -0.25) is 9.69 Å². The second-order valence-electron chi connectivity index (χ2n) is 9.27. The Morgan fingerprint density at radius 1 is 1.11 bits per heavy atom. The number of anilines is 1. The van der Waals surface area contributed by atoms with Crippen molar-refractivity contribution in [1.29, 1.82) is 0 Å². The van der Waals surface area contributed by atoms with Gasteiger partial charge in [-0.2, -0.15) is 0 Å². The maximum atomic E-state index is 14.1. The van der Waals surface area contributed by atoms with Gasteiger partial charge in [-0.05, 0) is 67.0 Å². The van der Waals surface area contributed by atoms with Crippen LogP contribution in [0.1, 0.15) is 32.0 Å². The number of hydrogen-bond donors (Lipinski definition) is 3. The minimum atomic E-state index is -3.33. The van der Waals surface area contributed by atoms with Gasteiger partial charge in [0.15, 0.2) is 10.8 Å². The molecule has 13 heteroatoms. The number of benzene rings is 2. The summed E-state index contributed by atoms with van der Waals surface area (Å²) in [5.74, 6) is -4.91. The first-order valence-electron chi connectivity index (χ1n) is 11.2. The molecule has 38 heavy (non-hydrogen) atoms. The molecule has 1 unspecified atom stereocenters. The number of nitrogens with zero attached hydrogens (tertiary/aromatic N) is 3. The maximum absolute atomic E-state index is 14.1. The van der Waals surface area contributed by atoms with E-state index in [1.165, 1.54) is 13.3 Å². The van der Waals surface area contributed by atoms with E-state index in [4.69, 9.17) is 4.74 Å². The summed E-state index contributed by atoms with van der Waals surface area (Å²) < 4.78 is 36.7. The van der Waals surface area contributed by atoms with E-state index in [2.05, 4.69) is 9.35 Å². The molecule has 0 spiro atoms. The van der Waals surface area contributed by atoms with Crippen LogP contribution >= 0.6 is 11.3 Å². The molecule has 1 atom stereocenters. The monoisotopic (exact) mass is 567 g/mol. The van der Waals surface area contributed by atoms with Gasteiger partial charge in [0.1, 0.15) is 21.4 Å². The lowest BCUT2D eigenvalue weighted by atomic mass is 10.0. The molecule has 0 fully saturated rings. The number of rotatable bonds is 6. The van der Waals surface area contributed by atoms with E-state index < -0.39 is 51.6 Å². The molecule has 3 N–H and O–H groups in total. The fraction of sp³-hybridized carbons (Fsp3) is 0.320. The van der Waals surface area contributed by atoms with Gasteiger partial charge in [-0.15, -0.1) is 4.36 Å².